The first-order valence-corrected chi connectivity index (χ1v) is 9.21. The molecule has 0 saturated heterocycles. The average Bonchev–Trinajstić information content (AvgIpc) is 2.90. The average molecular weight is 436 g/mol. The van der Waals surface area contributed by atoms with Crippen LogP contribution in [0.4, 0.5) is 27.6 Å². The van der Waals surface area contributed by atoms with Crippen molar-refractivity contribution in [2.24, 2.45) is 7.05 Å². The van der Waals surface area contributed by atoms with Crippen LogP contribution in [0.5, 0.6) is 0 Å². The van der Waals surface area contributed by atoms with Gasteiger partial charge in [0.05, 0.1) is 5.56 Å². The van der Waals surface area contributed by atoms with Gasteiger partial charge in [-0.3, -0.25) is 4.79 Å². The molecule has 29 heavy (non-hydrogen) atoms. The van der Waals surface area contributed by atoms with Gasteiger partial charge in [0, 0.05) is 18.9 Å². The van der Waals surface area contributed by atoms with Gasteiger partial charge in [-0.2, -0.15) is 23.2 Å². The number of aryl methyl sites for hydroxylation is 1. The Kier molecular flexibility index (Phi) is 6.00. The molecule has 1 aromatic carbocycles. The zero-order valence-corrected chi connectivity index (χ0v) is 15.6. The molecule has 2 aromatic rings. The smallest absolute Gasteiger partial charge is 0.343 e. The van der Waals surface area contributed by atoms with Gasteiger partial charge in [0.2, 0.25) is 10.0 Å². The summed E-state index contributed by atoms with van der Waals surface area (Å²) in [5.41, 5.74) is -1.28. The van der Waals surface area contributed by atoms with Crippen LogP contribution in [0.15, 0.2) is 29.3 Å². The highest BCUT2D eigenvalue weighted by Crippen LogP contribution is 2.25. The molecule has 1 heterocycles. The largest absolute Gasteiger partial charge is 0.404 e. The van der Waals surface area contributed by atoms with Crippen molar-refractivity contribution >= 4 is 21.6 Å². The molecule has 0 spiro atoms. The van der Waals surface area contributed by atoms with E-state index in [0.717, 1.165) is 29.8 Å². The minimum absolute atomic E-state index is 0.0817. The summed E-state index contributed by atoms with van der Waals surface area (Å²) in [5, 5.41) is 10.9. The third-order valence-corrected chi connectivity index (χ3v) is 5.29. The van der Waals surface area contributed by atoms with Gasteiger partial charge in [0.1, 0.15) is 28.5 Å². The van der Waals surface area contributed by atoms with E-state index in [1.807, 2.05) is 0 Å². The maximum absolute atomic E-state index is 14.6. The fourth-order valence-electron chi connectivity index (χ4n) is 2.26. The zero-order valence-electron chi connectivity index (χ0n) is 14.8. The van der Waals surface area contributed by atoms with Gasteiger partial charge in [-0.05, 0) is 25.1 Å². The number of hydrogen-bond acceptors (Lipinski definition) is 4. The standard InChI is InChI=1S/C16H13F5N4O3S/c1-8(16(19,20)21)24-29(27,28)12-7-25(2)14(13(12)18)15(26)23-10-3-4-11(17)9(5-10)6-22/h3-5,7-8,24H,1-2H3,(H,23,26). The van der Waals surface area contributed by atoms with Crippen molar-refractivity contribution in [3.63, 3.8) is 0 Å². The third kappa shape index (κ3) is 4.72. The summed E-state index contributed by atoms with van der Waals surface area (Å²) in [6.45, 7) is 0.535. The topological polar surface area (TPSA) is 104 Å². The number of aromatic nitrogens is 1. The first kappa shape index (κ1) is 22.3. The molecule has 0 radical (unpaired) electrons. The van der Waals surface area contributed by atoms with Crippen LogP contribution in [0.25, 0.3) is 0 Å². The predicted octanol–water partition coefficient (Wildman–Crippen LogP) is 2.66. The van der Waals surface area contributed by atoms with Gasteiger partial charge in [-0.25, -0.2) is 17.2 Å². The van der Waals surface area contributed by atoms with Crippen LogP contribution in [-0.2, 0) is 17.1 Å². The van der Waals surface area contributed by atoms with Crippen LogP contribution in [0.3, 0.4) is 0 Å². The number of carbonyl (C=O) groups is 1. The molecule has 0 aliphatic rings. The Hall–Kier alpha value is -2.98. The second kappa shape index (κ2) is 7.80. The molecular formula is C16H13F5N4O3S. The lowest BCUT2D eigenvalue weighted by molar-refractivity contribution is -0.147. The Morgan fingerprint density at radius 1 is 1.28 bits per heavy atom. The van der Waals surface area contributed by atoms with Gasteiger partial charge >= 0.3 is 6.18 Å². The van der Waals surface area contributed by atoms with Crippen molar-refractivity contribution in [3.05, 3.63) is 47.3 Å². The molecule has 2 N–H and O–H groups in total. The highest BCUT2D eigenvalue weighted by atomic mass is 32.2. The van der Waals surface area contributed by atoms with Gasteiger partial charge < -0.3 is 9.88 Å². The Labute approximate surface area is 161 Å². The number of amides is 1. The molecular weight excluding hydrogens is 423 g/mol. The van der Waals surface area contributed by atoms with Crippen LogP contribution >= 0.6 is 0 Å². The summed E-state index contributed by atoms with van der Waals surface area (Å²) in [5.74, 6) is -3.59. The number of nitrogens with zero attached hydrogens (tertiary/aromatic N) is 2. The van der Waals surface area contributed by atoms with Crippen molar-refractivity contribution in [2.75, 3.05) is 5.32 Å². The van der Waals surface area contributed by atoms with E-state index in [9.17, 15) is 35.2 Å². The molecule has 0 aliphatic carbocycles. The maximum atomic E-state index is 14.6. The van der Waals surface area contributed by atoms with Crippen LogP contribution in [-0.4, -0.2) is 31.1 Å². The highest BCUT2D eigenvalue weighted by molar-refractivity contribution is 7.89. The summed E-state index contributed by atoms with van der Waals surface area (Å²) < 4.78 is 92.0. The van der Waals surface area contributed by atoms with Crippen molar-refractivity contribution in [2.45, 2.75) is 24.0 Å². The first-order chi connectivity index (χ1) is 13.3. The van der Waals surface area contributed by atoms with Gasteiger partial charge in [0.25, 0.3) is 5.91 Å². The predicted molar refractivity (Wildman–Crippen MR) is 90.3 cm³/mol. The molecule has 0 aliphatic heterocycles. The number of nitriles is 1. The van der Waals surface area contributed by atoms with E-state index in [4.69, 9.17) is 5.26 Å². The van der Waals surface area contributed by atoms with E-state index in [1.165, 1.54) is 4.72 Å². The van der Waals surface area contributed by atoms with Crippen LogP contribution in [0, 0.1) is 23.0 Å². The highest BCUT2D eigenvalue weighted by Gasteiger charge is 2.40. The number of rotatable bonds is 5. The lowest BCUT2D eigenvalue weighted by Gasteiger charge is -2.16. The molecule has 0 fully saturated rings. The minimum Gasteiger partial charge on any atom is -0.343 e. The molecule has 0 bridgehead atoms. The number of alkyl halides is 3. The van der Waals surface area contributed by atoms with Gasteiger partial charge in [0.15, 0.2) is 5.82 Å². The second-order valence-corrected chi connectivity index (χ2v) is 7.59. The molecule has 2 rings (SSSR count). The van der Waals surface area contributed by atoms with Crippen LogP contribution in [0.2, 0.25) is 0 Å². The van der Waals surface area contributed by atoms with Crippen LogP contribution < -0.4 is 10.0 Å². The maximum Gasteiger partial charge on any atom is 0.404 e. The summed E-state index contributed by atoms with van der Waals surface area (Å²) >= 11 is 0. The molecule has 156 valence electrons. The zero-order chi connectivity index (χ0) is 22.1. The number of hydrogen-bond donors (Lipinski definition) is 2. The van der Waals surface area contributed by atoms with Gasteiger partial charge in [-0.1, -0.05) is 0 Å². The van der Waals surface area contributed by atoms with E-state index in [1.54, 1.807) is 6.07 Å². The lowest BCUT2D eigenvalue weighted by atomic mass is 10.2. The molecule has 1 amide bonds. The van der Waals surface area contributed by atoms with Crippen molar-refractivity contribution in [1.82, 2.24) is 9.29 Å². The fraction of sp³-hybridized carbons (Fsp3) is 0.250. The van der Waals surface area contributed by atoms with E-state index in [0.29, 0.717) is 13.1 Å². The number of carbonyl (C=O) groups excluding carboxylic acids is 1. The Balaban J connectivity index is 2.36. The molecule has 0 saturated carbocycles. The number of nitrogens with one attached hydrogen (secondary N) is 2. The normalized spacial score (nSPS) is 13.0. The van der Waals surface area contributed by atoms with E-state index < -0.39 is 55.9 Å². The summed E-state index contributed by atoms with van der Waals surface area (Å²) in [7, 11) is -3.83. The summed E-state index contributed by atoms with van der Waals surface area (Å²) in [6, 6.07) is 1.98. The van der Waals surface area contributed by atoms with Crippen LogP contribution in [0.1, 0.15) is 23.0 Å². The van der Waals surface area contributed by atoms with E-state index in [-0.39, 0.29) is 5.69 Å². The van der Waals surface area contributed by atoms with E-state index in [2.05, 4.69) is 5.32 Å². The molecule has 1 atom stereocenters. The molecule has 1 aromatic heterocycles. The number of benzene rings is 1. The van der Waals surface area contributed by atoms with Crippen molar-refractivity contribution in [3.8, 4) is 6.07 Å². The number of anilines is 1. The number of halogens is 5. The number of sulfonamides is 1. The first-order valence-electron chi connectivity index (χ1n) is 7.72. The molecule has 7 nitrogen and oxygen atoms in total. The summed E-state index contributed by atoms with van der Waals surface area (Å²) in [4.78, 5) is 11.2. The quantitative estimate of drug-likeness (QED) is 0.704. The van der Waals surface area contributed by atoms with Gasteiger partial charge in [-0.15, -0.1) is 0 Å². The Bertz CT molecular complexity index is 1100. The third-order valence-electron chi connectivity index (χ3n) is 3.76. The summed E-state index contributed by atoms with van der Waals surface area (Å²) in [6.07, 6.45) is -4.26. The lowest BCUT2D eigenvalue weighted by Crippen LogP contribution is -2.43. The molecule has 13 heteroatoms. The monoisotopic (exact) mass is 436 g/mol. The Morgan fingerprint density at radius 3 is 2.45 bits per heavy atom. The van der Waals surface area contributed by atoms with Crippen molar-refractivity contribution in [1.29, 1.82) is 5.26 Å². The SMILES string of the molecule is CC(NS(=O)(=O)c1cn(C)c(C(=O)Nc2ccc(F)c(C#N)c2)c1F)C(F)(F)F. The molecule has 1 unspecified atom stereocenters. The fourth-order valence-corrected chi connectivity index (χ4v) is 3.61. The minimum atomic E-state index is -4.94. The second-order valence-electron chi connectivity index (χ2n) is 5.91. The van der Waals surface area contributed by atoms with Crippen molar-refractivity contribution < 1.29 is 35.2 Å². The Morgan fingerprint density at radius 2 is 1.90 bits per heavy atom. The van der Waals surface area contributed by atoms with E-state index >= 15 is 0 Å².